The fraction of sp³-hybridized carbons (Fsp3) is 0.583. The minimum absolute atomic E-state index is 0.0286. The van der Waals surface area contributed by atoms with Gasteiger partial charge in [-0.2, -0.15) is 5.10 Å². The van der Waals surface area contributed by atoms with Crippen molar-refractivity contribution in [3.8, 4) is 5.88 Å². The number of hydrogen-bond acceptors (Lipinski definition) is 5. The van der Waals surface area contributed by atoms with Crippen LogP contribution in [-0.2, 0) is 14.1 Å². The molecule has 1 aliphatic rings. The summed E-state index contributed by atoms with van der Waals surface area (Å²) in [6.45, 7) is 3.56. The second kappa shape index (κ2) is 5.49. The average molecular weight is 282 g/mol. The molecule has 8 heteroatoms. The lowest BCUT2D eigenvalue weighted by Gasteiger charge is -2.27. The number of aromatic nitrogens is 2. The van der Waals surface area contributed by atoms with Gasteiger partial charge in [0, 0.05) is 14.1 Å². The third-order valence-corrected chi connectivity index (χ3v) is 3.61. The molecule has 0 atom stereocenters. The number of quaternary nitrogens is 1. The van der Waals surface area contributed by atoms with E-state index in [0.29, 0.717) is 0 Å². The second-order valence-corrected chi connectivity index (χ2v) is 5.10. The van der Waals surface area contributed by atoms with Gasteiger partial charge in [-0.15, -0.1) is 0 Å². The quantitative estimate of drug-likeness (QED) is 0.565. The smallest absolute Gasteiger partial charge is 0.333 e. The standard InChI is InChI=1S/C12H19N5O3/c1-14-4-6-17(7-5-14)13-8-9-10(18)15(2)12(20)16(3)11(9)19/h8,18H,4-7H2,1-3H3/p+1/b13-8+. The summed E-state index contributed by atoms with van der Waals surface area (Å²) < 4.78 is 1.98. The van der Waals surface area contributed by atoms with Crippen molar-refractivity contribution >= 4 is 6.21 Å². The van der Waals surface area contributed by atoms with Crippen LogP contribution in [0.25, 0.3) is 0 Å². The molecule has 8 nitrogen and oxygen atoms in total. The zero-order valence-electron chi connectivity index (χ0n) is 12.0. The first-order valence-electron chi connectivity index (χ1n) is 6.51. The van der Waals surface area contributed by atoms with E-state index >= 15 is 0 Å². The van der Waals surface area contributed by atoms with Gasteiger partial charge < -0.3 is 10.0 Å². The Labute approximate surface area is 116 Å². The predicted octanol–water partition coefficient (Wildman–Crippen LogP) is -3.05. The molecule has 0 saturated carbocycles. The number of hydrogen-bond donors (Lipinski definition) is 2. The minimum Gasteiger partial charge on any atom is -0.494 e. The molecule has 1 aromatic rings. The summed E-state index contributed by atoms with van der Waals surface area (Å²) in [6.07, 6.45) is 1.33. The molecule has 0 radical (unpaired) electrons. The normalized spacial score (nSPS) is 17.1. The Kier molecular flexibility index (Phi) is 3.93. The van der Waals surface area contributed by atoms with Gasteiger partial charge in [-0.05, 0) is 0 Å². The molecule has 0 aromatic carbocycles. The Morgan fingerprint density at radius 3 is 2.40 bits per heavy atom. The van der Waals surface area contributed by atoms with E-state index in [1.54, 1.807) is 0 Å². The molecule has 20 heavy (non-hydrogen) atoms. The zero-order valence-corrected chi connectivity index (χ0v) is 12.0. The molecule has 1 saturated heterocycles. The first kappa shape index (κ1) is 14.3. The predicted molar refractivity (Wildman–Crippen MR) is 74.4 cm³/mol. The van der Waals surface area contributed by atoms with E-state index in [4.69, 9.17) is 0 Å². The zero-order chi connectivity index (χ0) is 14.9. The van der Waals surface area contributed by atoms with Crippen molar-refractivity contribution in [2.24, 2.45) is 19.2 Å². The number of likely N-dealkylation sites (N-methyl/N-ethyl adjacent to an activating group) is 1. The maximum absolute atomic E-state index is 12.0. The molecule has 1 aliphatic heterocycles. The Balaban J connectivity index is 2.30. The van der Waals surface area contributed by atoms with Gasteiger partial charge in [-0.3, -0.25) is 18.9 Å². The lowest BCUT2D eigenvalue weighted by atomic mass is 10.3. The Hall–Kier alpha value is -2.09. The van der Waals surface area contributed by atoms with E-state index in [9.17, 15) is 14.7 Å². The van der Waals surface area contributed by atoms with Crippen LogP contribution in [0.3, 0.4) is 0 Å². The Morgan fingerprint density at radius 2 is 1.80 bits per heavy atom. The van der Waals surface area contributed by atoms with E-state index in [1.165, 1.54) is 25.2 Å². The summed E-state index contributed by atoms with van der Waals surface area (Å²) >= 11 is 0. The topological polar surface area (TPSA) is 84.3 Å². The highest BCUT2D eigenvalue weighted by atomic mass is 16.3. The highest BCUT2D eigenvalue weighted by molar-refractivity contribution is 5.81. The molecule has 1 fully saturated rings. The van der Waals surface area contributed by atoms with Crippen molar-refractivity contribution in [1.82, 2.24) is 14.1 Å². The third kappa shape index (κ3) is 2.60. The first-order valence-corrected chi connectivity index (χ1v) is 6.51. The molecule has 2 heterocycles. The molecule has 0 amide bonds. The fourth-order valence-electron chi connectivity index (χ4n) is 2.10. The number of hydrazone groups is 1. The molecule has 0 aliphatic carbocycles. The van der Waals surface area contributed by atoms with Gasteiger partial charge in [0.05, 0.1) is 39.4 Å². The fourth-order valence-corrected chi connectivity index (χ4v) is 2.10. The van der Waals surface area contributed by atoms with Crippen molar-refractivity contribution in [3.05, 3.63) is 26.4 Å². The minimum atomic E-state index is -0.562. The van der Waals surface area contributed by atoms with Gasteiger partial charge in [-0.25, -0.2) is 4.79 Å². The molecule has 110 valence electrons. The number of nitrogens with one attached hydrogen (secondary N) is 1. The van der Waals surface area contributed by atoms with Crippen molar-refractivity contribution in [2.75, 3.05) is 33.2 Å². The number of rotatable bonds is 2. The van der Waals surface area contributed by atoms with Crippen LogP contribution in [0.15, 0.2) is 14.7 Å². The van der Waals surface area contributed by atoms with Crippen LogP contribution >= 0.6 is 0 Å². The van der Waals surface area contributed by atoms with Crippen LogP contribution in [0.4, 0.5) is 0 Å². The Bertz CT molecular complexity index is 638. The number of nitrogens with zero attached hydrogens (tertiary/aromatic N) is 4. The van der Waals surface area contributed by atoms with E-state index in [0.717, 1.165) is 35.3 Å². The summed E-state index contributed by atoms with van der Waals surface area (Å²) in [6, 6.07) is 0. The molecule has 1 aromatic heterocycles. The van der Waals surface area contributed by atoms with E-state index in [1.807, 2.05) is 5.01 Å². The van der Waals surface area contributed by atoms with E-state index in [2.05, 4.69) is 12.1 Å². The second-order valence-electron chi connectivity index (χ2n) is 5.10. The summed E-state index contributed by atoms with van der Waals surface area (Å²) in [5, 5.41) is 16.0. The van der Waals surface area contributed by atoms with Crippen molar-refractivity contribution in [1.29, 1.82) is 0 Å². The van der Waals surface area contributed by atoms with E-state index < -0.39 is 11.2 Å². The maximum Gasteiger partial charge on any atom is 0.333 e. The molecule has 2 N–H and O–H groups in total. The summed E-state index contributed by atoms with van der Waals surface area (Å²) in [5.74, 6) is -0.360. The third-order valence-electron chi connectivity index (χ3n) is 3.61. The van der Waals surface area contributed by atoms with Gasteiger partial charge in [0.1, 0.15) is 5.56 Å². The number of piperazine rings is 1. The molecule has 0 unspecified atom stereocenters. The van der Waals surface area contributed by atoms with Crippen LogP contribution < -0.4 is 16.1 Å². The van der Waals surface area contributed by atoms with Gasteiger partial charge >= 0.3 is 5.69 Å². The SMILES string of the molecule is Cn1c(O)c(/C=N/N2CC[NH+](C)CC2)c(=O)n(C)c1=O. The largest absolute Gasteiger partial charge is 0.494 e. The molecule has 2 rings (SSSR count). The lowest BCUT2D eigenvalue weighted by molar-refractivity contribution is -0.884. The average Bonchev–Trinajstić information content (AvgIpc) is 2.45. The van der Waals surface area contributed by atoms with Gasteiger partial charge in [0.2, 0.25) is 5.88 Å². The van der Waals surface area contributed by atoms with Crippen LogP contribution in [0.1, 0.15) is 5.56 Å². The monoisotopic (exact) mass is 282 g/mol. The first-order chi connectivity index (χ1) is 9.41. The summed E-state index contributed by atoms with van der Waals surface area (Å²) in [5.41, 5.74) is -1.08. The molecular formula is C12H20N5O3+. The van der Waals surface area contributed by atoms with Crippen molar-refractivity contribution < 1.29 is 10.0 Å². The van der Waals surface area contributed by atoms with Crippen LogP contribution in [0.2, 0.25) is 0 Å². The Morgan fingerprint density at radius 1 is 1.20 bits per heavy atom. The van der Waals surface area contributed by atoms with Crippen molar-refractivity contribution in [3.63, 3.8) is 0 Å². The highest BCUT2D eigenvalue weighted by Crippen LogP contribution is 2.06. The van der Waals surface area contributed by atoms with Crippen LogP contribution in [0, 0.1) is 0 Å². The van der Waals surface area contributed by atoms with Gasteiger partial charge in [-0.1, -0.05) is 0 Å². The van der Waals surface area contributed by atoms with Crippen LogP contribution in [-0.4, -0.2) is 58.7 Å². The van der Waals surface area contributed by atoms with Crippen molar-refractivity contribution in [2.45, 2.75) is 0 Å². The molecular weight excluding hydrogens is 262 g/mol. The lowest BCUT2D eigenvalue weighted by Crippen LogP contribution is -3.11. The van der Waals surface area contributed by atoms with Crippen LogP contribution in [0.5, 0.6) is 5.88 Å². The summed E-state index contributed by atoms with van der Waals surface area (Å²) in [4.78, 5) is 25.0. The summed E-state index contributed by atoms with van der Waals surface area (Å²) in [7, 11) is 4.91. The van der Waals surface area contributed by atoms with Gasteiger partial charge in [0.15, 0.2) is 0 Å². The highest BCUT2D eigenvalue weighted by Gasteiger charge is 2.16. The van der Waals surface area contributed by atoms with E-state index in [-0.39, 0.29) is 11.4 Å². The molecule has 0 spiro atoms. The van der Waals surface area contributed by atoms with Gasteiger partial charge in [0.25, 0.3) is 5.56 Å². The molecule has 0 bridgehead atoms. The maximum atomic E-state index is 12.0. The number of aromatic hydroxyl groups is 1.